The van der Waals surface area contributed by atoms with Crippen LogP contribution in [0.3, 0.4) is 0 Å². The highest BCUT2D eigenvalue weighted by molar-refractivity contribution is 5.73. The van der Waals surface area contributed by atoms with E-state index in [0.717, 1.165) is 0 Å². The van der Waals surface area contributed by atoms with Crippen molar-refractivity contribution in [2.45, 2.75) is 87.8 Å². The number of hydrogen-bond donors (Lipinski definition) is 7. The number of rotatable bonds is 5. The van der Waals surface area contributed by atoms with Crippen molar-refractivity contribution in [3.05, 3.63) is 0 Å². The van der Waals surface area contributed by atoms with E-state index in [1.54, 1.807) is 20.8 Å². The van der Waals surface area contributed by atoms with Gasteiger partial charge in [0, 0.05) is 0 Å². The summed E-state index contributed by atoms with van der Waals surface area (Å²) in [5.74, 6) is -3.22. The van der Waals surface area contributed by atoms with Gasteiger partial charge in [0.2, 0.25) is 0 Å². The molecular formula is C16H26O13. The molecule has 0 amide bonds. The zero-order valence-corrected chi connectivity index (χ0v) is 15.9. The van der Waals surface area contributed by atoms with E-state index in [4.69, 9.17) is 29.2 Å². The maximum absolute atomic E-state index is 11.3. The monoisotopic (exact) mass is 426 g/mol. The van der Waals surface area contributed by atoms with Crippen molar-refractivity contribution in [2.24, 2.45) is 0 Å². The second-order valence-corrected chi connectivity index (χ2v) is 7.81. The molecule has 2 aliphatic rings. The summed E-state index contributed by atoms with van der Waals surface area (Å²) in [6, 6.07) is 0. The predicted molar refractivity (Wildman–Crippen MR) is 88.3 cm³/mol. The summed E-state index contributed by atoms with van der Waals surface area (Å²) in [6.07, 6.45) is -18.6. The van der Waals surface area contributed by atoms with Crippen LogP contribution in [0.15, 0.2) is 0 Å². The molecule has 2 aliphatic heterocycles. The molecule has 0 aromatic carbocycles. The van der Waals surface area contributed by atoms with Crippen LogP contribution in [-0.4, -0.2) is 115 Å². The van der Waals surface area contributed by atoms with Crippen molar-refractivity contribution < 1.29 is 64.3 Å². The first-order valence-corrected chi connectivity index (χ1v) is 8.74. The first-order chi connectivity index (χ1) is 13.2. The van der Waals surface area contributed by atoms with Gasteiger partial charge >= 0.3 is 11.9 Å². The third-order valence-corrected chi connectivity index (χ3v) is 4.36. The van der Waals surface area contributed by atoms with E-state index in [9.17, 15) is 35.1 Å². The molecule has 0 unspecified atom stereocenters. The number of aliphatic hydroxyl groups excluding tert-OH is 5. The largest absolute Gasteiger partial charge is 0.479 e. The Hall–Kier alpha value is -1.42. The molecule has 0 bridgehead atoms. The zero-order chi connectivity index (χ0) is 22.3. The Balaban J connectivity index is 2.28. The van der Waals surface area contributed by atoms with Crippen LogP contribution in [0.4, 0.5) is 0 Å². The lowest BCUT2D eigenvalue weighted by Crippen LogP contribution is -2.66. The number of aliphatic hydroxyl groups is 5. The standard InChI is InChI=1S/C16H26O13/c1-16(2,3)29-15-11(7(20)6(19)10(27-15)13(24)25)28-14-8(21)4(17)5(18)9(26-14)12(22)23/h4-11,14-15,17-21H,1-3H3,(H,22,23)(H,24,25)/t4-,5-,6-,7-,8+,9-,10-,11+,14-,15-/m0/s1. The van der Waals surface area contributed by atoms with E-state index in [1.807, 2.05) is 0 Å². The summed E-state index contributed by atoms with van der Waals surface area (Å²) < 4.78 is 21.1. The molecule has 10 atom stereocenters. The molecule has 0 aromatic rings. The minimum Gasteiger partial charge on any atom is -0.479 e. The number of ether oxygens (including phenoxy) is 4. The third kappa shape index (κ3) is 5.20. The molecule has 29 heavy (non-hydrogen) atoms. The van der Waals surface area contributed by atoms with Crippen molar-refractivity contribution >= 4 is 11.9 Å². The molecule has 2 saturated heterocycles. The van der Waals surface area contributed by atoms with Gasteiger partial charge in [0.1, 0.15) is 36.6 Å². The Kier molecular flexibility index (Phi) is 7.20. The van der Waals surface area contributed by atoms with E-state index in [-0.39, 0.29) is 0 Å². The molecule has 2 fully saturated rings. The fraction of sp³-hybridized carbons (Fsp3) is 0.875. The van der Waals surface area contributed by atoms with Gasteiger partial charge in [-0.05, 0) is 20.8 Å². The molecule has 2 rings (SSSR count). The predicted octanol–water partition coefficient (Wildman–Crippen LogP) is -3.39. The lowest BCUT2D eigenvalue weighted by atomic mass is 9.96. The fourth-order valence-electron chi connectivity index (χ4n) is 2.95. The Morgan fingerprint density at radius 2 is 1.17 bits per heavy atom. The van der Waals surface area contributed by atoms with Crippen LogP contribution >= 0.6 is 0 Å². The second-order valence-electron chi connectivity index (χ2n) is 7.81. The van der Waals surface area contributed by atoms with Crippen LogP contribution in [-0.2, 0) is 28.5 Å². The van der Waals surface area contributed by atoms with Gasteiger partial charge in [-0.25, -0.2) is 9.59 Å². The molecule has 168 valence electrons. The lowest BCUT2D eigenvalue weighted by Gasteiger charge is -2.46. The van der Waals surface area contributed by atoms with Gasteiger partial charge in [-0.3, -0.25) is 0 Å². The number of carboxylic acid groups (broad SMARTS) is 2. The summed E-state index contributed by atoms with van der Waals surface area (Å²) in [5, 5.41) is 68.4. The highest BCUT2D eigenvalue weighted by Gasteiger charge is 2.54. The molecule has 0 saturated carbocycles. The number of aliphatic carboxylic acids is 2. The van der Waals surface area contributed by atoms with Gasteiger partial charge in [0.25, 0.3) is 0 Å². The fourth-order valence-corrected chi connectivity index (χ4v) is 2.95. The quantitative estimate of drug-likeness (QED) is 0.229. The topological polar surface area (TPSA) is 213 Å². The van der Waals surface area contributed by atoms with E-state index in [2.05, 4.69) is 0 Å². The van der Waals surface area contributed by atoms with Gasteiger partial charge in [0.15, 0.2) is 24.8 Å². The molecular weight excluding hydrogens is 400 g/mol. The van der Waals surface area contributed by atoms with E-state index in [0.29, 0.717) is 0 Å². The highest BCUT2D eigenvalue weighted by Crippen LogP contribution is 2.31. The molecule has 13 nitrogen and oxygen atoms in total. The third-order valence-electron chi connectivity index (χ3n) is 4.36. The van der Waals surface area contributed by atoms with E-state index in [1.165, 1.54) is 0 Å². The van der Waals surface area contributed by atoms with Crippen molar-refractivity contribution in [3.8, 4) is 0 Å². The van der Waals surface area contributed by atoms with Gasteiger partial charge in [-0.1, -0.05) is 0 Å². The Morgan fingerprint density at radius 1 is 0.724 bits per heavy atom. The first kappa shape index (κ1) is 23.9. The normalized spacial score (nSPS) is 43.7. The molecule has 0 radical (unpaired) electrons. The number of hydrogen-bond acceptors (Lipinski definition) is 11. The maximum Gasteiger partial charge on any atom is 0.335 e. The molecule has 0 aliphatic carbocycles. The van der Waals surface area contributed by atoms with Crippen molar-refractivity contribution in [1.82, 2.24) is 0 Å². The van der Waals surface area contributed by atoms with E-state index < -0.39 is 79.0 Å². The summed E-state index contributed by atoms with van der Waals surface area (Å²) in [5.41, 5.74) is -0.928. The van der Waals surface area contributed by atoms with Crippen LogP contribution in [0.1, 0.15) is 20.8 Å². The van der Waals surface area contributed by atoms with Crippen molar-refractivity contribution in [3.63, 3.8) is 0 Å². The van der Waals surface area contributed by atoms with Crippen molar-refractivity contribution in [1.29, 1.82) is 0 Å². The summed E-state index contributed by atoms with van der Waals surface area (Å²) in [6.45, 7) is 4.77. The van der Waals surface area contributed by atoms with Crippen LogP contribution < -0.4 is 0 Å². The summed E-state index contributed by atoms with van der Waals surface area (Å²) >= 11 is 0. The molecule has 13 heteroatoms. The first-order valence-electron chi connectivity index (χ1n) is 8.74. The molecule has 0 spiro atoms. The minimum atomic E-state index is -1.96. The van der Waals surface area contributed by atoms with Crippen molar-refractivity contribution in [2.75, 3.05) is 0 Å². The van der Waals surface area contributed by atoms with Gasteiger partial charge in [-0.15, -0.1) is 0 Å². The Labute approximate surface area is 165 Å². The minimum absolute atomic E-state index is 0.928. The van der Waals surface area contributed by atoms with Crippen LogP contribution in [0.25, 0.3) is 0 Å². The van der Waals surface area contributed by atoms with Gasteiger partial charge in [0.05, 0.1) is 5.60 Å². The van der Waals surface area contributed by atoms with Crippen LogP contribution in [0, 0.1) is 0 Å². The zero-order valence-electron chi connectivity index (χ0n) is 15.9. The number of carbonyl (C=O) groups is 2. The van der Waals surface area contributed by atoms with Crippen LogP contribution in [0.5, 0.6) is 0 Å². The Bertz CT molecular complexity index is 604. The van der Waals surface area contributed by atoms with E-state index >= 15 is 0 Å². The Morgan fingerprint density at radius 3 is 1.62 bits per heavy atom. The summed E-state index contributed by atoms with van der Waals surface area (Å²) in [4.78, 5) is 22.5. The van der Waals surface area contributed by atoms with Gasteiger partial charge in [-0.2, -0.15) is 0 Å². The molecule has 0 aromatic heterocycles. The lowest BCUT2D eigenvalue weighted by molar-refractivity contribution is -0.369. The maximum atomic E-state index is 11.3. The van der Waals surface area contributed by atoms with Crippen LogP contribution in [0.2, 0.25) is 0 Å². The average molecular weight is 426 g/mol. The molecule has 2 heterocycles. The SMILES string of the molecule is CC(C)(C)O[C@@H]1O[C@H](C(=O)O)[C@@H](O)[C@H](O)[C@H]1O[C@@H]1O[C@H](C(=O)O)[C@@H](O)[C@H](O)[C@H]1O. The highest BCUT2D eigenvalue weighted by atomic mass is 16.8. The molecule has 7 N–H and O–H groups in total. The summed E-state index contributed by atoms with van der Waals surface area (Å²) in [7, 11) is 0. The average Bonchev–Trinajstić information content (AvgIpc) is 2.59. The van der Waals surface area contributed by atoms with Gasteiger partial charge < -0.3 is 54.7 Å². The number of carboxylic acids is 2. The second kappa shape index (κ2) is 8.75. The smallest absolute Gasteiger partial charge is 0.335 e.